The Morgan fingerprint density at radius 1 is 1.20 bits per heavy atom. The summed E-state index contributed by atoms with van der Waals surface area (Å²) in [6, 6.07) is 8.54. The van der Waals surface area contributed by atoms with Crippen molar-refractivity contribution in [3.05, 3.63) is 30.1 Å². The van der Waals surface area contributed by atoms with Crippen molar-refractivity contribution in [3.8, 4) is 0 Å². The quantitative estimate of drug-likeness (QED) is 0.743. The second-order valence-electron chi connectivity index (χ2n) is 6.68. The predicted octanol–water partition coefficient (Wildman–Crippen LogP) is 3.58. The van der Waals surface area contributed by atoms with E-state index in [4.69, 9.17) is 15.5 Å². The van der Waals surface area contributed by atoms with Gasteiger partial charge in [0.1, 0.15) is 17.6 Å². The van der Waals surface area contributed by atoms with Crippen LogP contribution in [-0.2, 0) is 11.3 Å². The molecule has 1 fully saturated rings. The van der Waals surface area contributed by atoms with Crippen molar-refractivity contribution in [3.63, 3.8) is 0 Å². The number of para-hydroxylation sites is 1. The second kappa shape index (κ2) is 6.88. The number of nitrogens with two attached hydrogens (primary N) is 1. The summed E-state index contributed by atoms with van der Waals surface area (Å²) in [6.07, 6.45) is 6.25. The van der Waals surface area contributed by atoms with E-state index in [0.717, 1.165) is 27.8 Å². The maximum absolute atomic E-state index is 6.21. The molecule has 3 aromatic rings. The molecule has 0 aliphatic heterocycles. The van der Waals surface area contributed by atoms with Crippen LogP contribution >= 0.6 is 0 Å². The summed E-state index contributed by atoms with van der Waals surface area (Å²) in [5.74, 6) is 1.32. The summed E-state index contributed by atoms with van der Waals surface area (Å²) in [5, 5.41) is 1.06. The number of aromatic nitrogens is 3. The number of anilines is 1. The van der Waals surface area contributed by atoms with E-state index in [1.165, 1.54) is 32.1 Å². The second-order valence-corrected chi connectivity index (χ2v) is 6.68. The Kier molecular flexibility index (Phi) is 4.44. The molecule has 1 aliphatic rings. The number of nitrogen functional groups attached to an aromatic ring is 1. The number of imidazole rings is 1. The summed E-state index contributed by atoms with van der Waals surface area (Å²) in [5.41, 5.74) is 12.5. The molecule has 0 spiro atoms. The van der Waals surface area contributed by atoms with E-state index in [2.05, 4.69) is 21.2 Å². The average molecular weight is 339 g/mol. The fourth-order valence-electron chi connectivity index (χ4n) is 3.69. The number of hydrogen-bond acceptors (Lipinski definition) is 5. The standard InChI is InChI=1S/C19H25N5O/c1-2-25-12-16-22-17-18(24(16)23-13-8-4-3-5-9-13)14-10-6-7-11-15(14)21-19(17)20/h6-7,10-11,13,23H,2-5,8-9,12H2,1H3,(H2,20,21). The van der Waals surface area contributed by atoms with Gasteiger partial charge in [0.05, 0.1) is 5.52 Å². The van der Waals surface area contributed by atoms with Gasteiger partial charge in [0, 0.05) is 18.0 Å². The van der Waals surface area contributed by atoms with Crippen LogP contribution in [0.3, 0.4) is 0 Å². The molecule has 6 nitrogen and oxygen atoms in total. The lowest BCUT2D eigenvalue weighted by atomic mass is 9.96. The molecule has 1 saturated carbocycles. The van der Waals surface area contributed by atoms with Gasteiger partial charge in [-0.1, -0.05) is 37.5 Å². The average Bonchev–Trinajstić information content (AvgIpc) is 3.00. The first-order valence-electron chi connectivity index (χ1n) is 9.17. The lowest BCUT2D eigenvalue weighted by molar-refractivity contribution is 0.126. The topological polar surface area (TPSA) is 78.0 Å². The highest BCUT2D eigenvalue weighted by atomic mass is 16.5. The largest absolute Gasteiger partial charge is 0.382 e. The first-order chi connectivity index (χ1) is 12.3. The van der Waals surface area contributed by atoms with Crippen LogP contribution in [0.25, 0.3) is 21.9 Å². The Labute approximate surface area is 147 Å². The van der Waals surface area contributed by atoms with E-state index in [-0.39, 0.29) is 0 Å². The third-order valence-corrected chi connectivity index (χ3v) is 4.94. The van der Waals surface area contributed by atoms with Gasteiger partial charge in [-0.15, -0.1) is 0 Å². The molecular formula is C19H25N5O. The number of rotatable bonds is 5. The van der Waals surface area contributed by atoms with Crippen LogP contribution in [0.1, 0.15) is 44.9 Å². The van der Waals surface area contributed by atoms with Crippen molar-refractivity contribution < 1.29 is 4.74 Å². The van der Waals surface area contributed by atoms with Crippen LogP contribution in [0.15, 0.2) is 24.3 Å². The lowest BCUT2D eigenvalue weighted by Gasteiger charge is -2.25. The Balaban J connectivity index is 1.88. The van der Waals surface area contributed by atoms with Gasteiger partial charge in [-0.3, -0.25) is 0 Å². The number of nitrogens with one attached hydrogen (secondary N) is 1. The number of pyridine rings is 1. The van der Waals surface area contributed by atoms with Crippen LogP contribution in [0, 0.1) is 0 Å². The molecule has 1 aromatic carbocycles. The number of fused-ring (bicyclic) bond motifs is 3. The van der Waals surface area contributed by atoms with Gasteiger partial charge in [-0.2, -0.15) is 0 Å². The molecule has 0 radical (unpaired) electrons. The summed E-state index contributed by atoms with van der Waals surface area (Å²) in [6.45, 7) is 3.10. The maximum atomic E-state index is 6.21. The molecule has 1 aliphatic carbocycles. The SMILES string of the molecule is CCOCc1nc2c(N)nc3ccccc3c2n1NC1CCCCC1. The lowest BCUT2D eigenvalue weighted by Crippen LogP contribution is -2.31. The fraction of sp³-hybridized carbons (Fsp3) is 0.474. The molecule has 6 heteroatoms. The van der Waals surface area contributed by atoms with E-state index in [9.17, 15) is 0 Å². The molecule has 0 unspecified atom stereocenters. The normalized spacial score (nSPS) is 15.9. The van der Waals surface area contributed by atoms with Gasteiger partial charge >= 0.3 is 0 Å². The van der Waals surface area contributed by atoms with Gasteiger partial charge in [-0.25, -0.2) is 14.6 Å². The van der Waals surface area contributed by atoms with E-state index in [1.54, 1.807) is 0 Å². The molecule has 0 atom stereocenters. The summed E-state index contributed by atoms with van der Waals surface area (Å²) >= 11 is 0. The molecule has 2 aromatic heterocycles. The van der Waals surface area contributed by atoms with Crippen molar-refractivity contribution in [2.24, 2.45) is 0 Å². The highest BCUT2D eigenvalue weighted by Crippen LogP contribution is 2.29. The maximum Gasteiger partial charge on any atom is 0.154 e. The van der Waals surface area contributed by atoms with Gasteiger partial charge in [0.2, 0.25) is 0 Å². The third-order valence-electron chi connectivity index (χ3n) is 4.94. The van der Waals surface area contributed by atoms with E-state index < -0.39 is 0 Å². The van der Waals surface area contributed by atoms with Gasteiger partial charge < -0.3 is 15.9 Å². The molecule has 2 heterocycles. The number of benzene rings is 1. The first-order valence-corrected chi connectivity index (χ1v) is 9.17. The highest BCUT2D eigenvalue weighted by Gasteiger charge is 2.20. The molecule has 4 rings (SSSR count). The van der Waals surface area contributed by atoms with E-state index >= 15 is 0 Å². The monoisotopic (exact) mass is 339 g/mol. The first kappa shape index (κ1) is 16.1. The molecule has 0 amide bonds. The van der Waals surface area contributed by atoms with Crippen molar-refractivity contribution in [1.82, 2.24) is 14.6 Å². The molecule has 25 heavy (non-hydrogen) atoms. The van der Waals surface area contributed by atoms with E-state index in [0.29, 0.717) is 25.1 Å². The molecule has 3 N–H and O–H groups in total. The third kappa shape index (κ3) is 3.02. The van der Waals surface area contributed by atoms with Crippen molar-refractivity contribution >= 4 is 27.8 Å². The number of hydrogen-bond donors (Lipinski definition) is 2. The van der Waals surface area contributed by atoms with Crippen LogP contribution in [-0.4, -0.2) is 27.3 Å². The highest BCUT2D eigenvalue weighted by molar-refractivity contribution is 6.06. The molecule has 0 saturated heterocycles. The summed E-state index contributed by atoms with van der Waals surface area (Å²) < 4.78 is 7.74. The molecule has 132 valence electrons. The van der Waals surface area contributed by atoms with Crippen molar-refractivity contribution in [2.75, 3.05) is 17.8 Å². The molecule has 0 bridgehead atoms. The zero-order valence-electron chi connectivity index (χ0n) is 14.7. The summed E-state index contributed by atoms with van der Waals surface area (Å²) in [4.78, 5) is 9.27. The van der Waals surface area contributed by atoms with E-state index in [1.807, 2.05) is 25.1 Å². The zero-order valence-corrected chi connectivity index (χ0v) is 14.7. The Morgan fingerprint density at radius 2 is 2.00 bits per heavy atom. The minimum absolute atomic E-state index is 0.457. The van der Waals surface area contributed by atoms with Crippen LogP contribution in [0.5, 0.6) is 0 Å². The van der Waals surface area contributed by atoms with Crippen molar-refractivity contribution in [1.29, 1.82) is 0 Å². The van der Waals surface area contributed by atoms with Crippen molar-refractivity contribution in [2.45, 2.75) is 51.7 Å². The minimum Gasteiger partial charge on any atom is -0.382 e. The smallest absolute Gasteiger partial charge is 0.154 e. The number of nitrogens with zero attached hydrogens (tertiary/aromatic N) is 3. The Bertz CT molecular complexity index is 882. The fourth-order valence-corrected chi connectivity index (χ4v) is 3.69. The van der Waals surface area contributed by atoms with Crippen LogP contribution in [0.4, 0.5) is 5.82 Å². The van der Waals surface area contributed by atoms with Gasteiger partial charge in [0.15, 0.2) is 11.6 Å². The predicted molar refractivity (Wildman–Crippen MR) is 101 cm³/mol. The molecular weight excluding hydrogens is 314 g/mol. The minimum atomic E-state index is 0.457. The van der Waals surface area contributed by atoms with Crippen LogP contribution in [0.2, 0.25) is 0 Å². The zero-order chi connectivity index (χ0) is 17.2. The van der Waals surface area contributed by atoms with Crippen LogP contribution < -0.4 is 11.2 Å². The number of ether oxygens (including phenoxy) is 1. The van der Waals surface area contributed by atoms with Gasteiger partial charge in [0.25, 0.3) is 0 Å². The Hall–Kier alpha value is -2.34. The summed E-state index contributed by atoms with van der Waals surface area (Å²) in [7, 11) is 0. The Morgan fingerprint density at radius 3 is 2.80 bits per heavy atom. The van der Waals surface area contributed by atoms with Gasteiger partial charge in [-0.05, 0) is 25.8 Å².